The maximum absolute atomic E-state index is 12.8. The molecular weight excluding hydrogens is 394 g/mol. The molecule has 166 valence electrons. The number of methoxy groups -OCH3 is 2. The van der Waals surface area contributed by atoms with Crippen molar-refractivity contribution in [1.29, 1.82) is 0 Å². The van der Waals surface area contributed by atoms with E-state index in [9.17, 15) is 9.59 Å². The van der Waals surface area contributed by atoms with Gasteiger partial charge in [-0.1, -0.05) is 24.6 Å². The Bertz CT molecular complexity index is 906. The van der Waals surface area contributed by atoms with Crippen LogP contribution >= 0.6 is 0 Å². The molecule has 0 radical (unpaired) electrons. The minimum Gasteiger partial charge on any atom is -0.493 e. The van der Waals surface area contributed by atoms with Crippen LogP contribution in [0.3, 0.4) is 0 Å². The first-order valence-corrected chi connectivity index (χ1v) is 10.6. The third-order valence-corrected chi connectivity index (χ3v) is 5.90. The maximum atomic E-state index is 12.8. The predicted molar refractivity (Wildman–Crippen MR) is 122 cm³/mol. The van der Waals surface area contributed by atoms with Gasteiger partial charge in [0.25, 0.3) is 0 Å². The quantitative estimate of drug-likeness (QED) is 0.713. The smallest absolute Gasteiger partial charge is 0.321 e. The minimum absolute atomic E-state index is 0.0326. The molecule has 2 aromatic rings. The summed E-state index contributed by atoms with van der Waals surface area (Å²) in [7, 11) is 3.14. The monoisotopic (exact) mass is 425 g/mol. The van der Waals surface area contributed by atoms with Crippen LogP contribution < -0.4 is 20.1 Å². The van der Waals surface area contributed by atoms with Gasteiger partial charge in [-0.25, -0.2) is 4.79 Å². The van der Waals surface area contributed by atoms with Crippen molar-refractivity contribution in [2.45, 2.75) is 26.7 Å². The lowest BCUT2D eigenvalue weighted by Crippen LogP contribution is -2.43. The summed E-state index contributed by atoms with van der Waals surface area (Å²) in [6.07, 6.45) is 1.59. The number of carbonyl (C=O) groups excluding carboxylic acids is 2. The lowest BCUT2D eigenvalue weighted by atomic mass is 9.85. The van der Waals surface area contributed by atoms with Crippen molar-refractivity contribution in [2.75, 3.05) is 37.9 Å². The van der Waals surface area contributed by atoms with Crippen LogP contribution in [0.15, 0.2) is 42.5 Å². The highest BCUT2D eigenvalue weighted by Crippen LogP contribution is 2.31. The minimum atomic E-state index is -0.157. The summed E-state index contributed by atoms with van der Waals surface area (Å²) in [6, 6.07) is 13.0. The number of benzene rings is 2. The summed E-state index contributed by atoms with van der Waals surface area (Å²) in [5.41, 5.74) is 2.61. The fraction of sp³-hybridized carbons (Fsp3) is 0.417. The first-order chi connectivity index (χ1) is 14.9. The first kappa shape index (κ1) is 22.5. The average molecular weight is 426 g/mol. The van der Waals surface area contributed by atoms with E-state index in [1.54, 1.807) is 32.4 Å². The van der Waals surface area contributed by atoms with Gasteiger partial charge in [0.05, 0.1) is 14.2 Å². The highest BCUT2D eigenvalue weighted by atomic mass is 16.5. The van der Waals surface area contributed by atoms with Crippen LogP contribution in [0.1, 0.15) is 25.3 Å². The van der Waals surface area contributed by atoms with E-state index in [-0.39, 0.29) is 23.8 Å². The van der Waals surface area contributed by atoms with Gasteiger partial charge in [-0.3, -0.25) is 4.79 Å². The van der Waals surface area contributed by atoms with Crippen LogP contribution in [0.2, 0.25) is 0 Å². The molecule has 1 heterocycles. The number of urea groups is 1. The van der Waals surface area contributed by atoms with Crippen LogP contribution in [0.5, 0.6) is 11.5 Å². The van der Waals surface area contributed by atoms with Gasteiger partial charge in [0.1, 0.15) is 0 Å². The topological polar surface area (TPSA) is 79.9 Å². The van der Waals surface area contributed by atoms with Gasteiger partial charge in [0.15, 0.2) is 11.5 Å². The number of carbonyl (C=O) groups is 2. The Balaban J connectivity index is 1.51. The Morgan fingerprint density at radius 2 is 1.55 bits per heavy atom. The number of hydrogen-bond acceptors (Lipinski definition) is 4. The molecule has 7 nitrogen and oxygen atoms in total. The fourth-order valence-electron chi connectivity index (χ4n) is 3.83. The first-order valence-electron chi connectivity index (χ1n) is 10.6. The zero-order valence-electron chi connectivity index (χ0n) is 18.6. The number of nitrogens with one attached hydrogen (secondary N) is 2. The molecule has 0 bridgehead atoms. The van der Waals surface area contributed by atoms with Gasteiger partial charge in [0, 0.05) is 36.4 Å². The standard InChI is InChI=1S/C24H31N3O4/c1-16-5-7-19(8-6-16)26-24(29)27-13-11-18(12-14-27)17(2)23(28)25-20-9-10-21(30-3)22(15-20)31-4/h5-10,15,17-18H,11-14H2,1-4H3,(H,25,28)(H,26,29)/t17-/m1/s1. The molecule has 1 saturated heterocycles. The van der Waals surface area contributed by atoms with Gasteiger partial charge >= 0.3 is 6.03 Å². The molecule has 7 heteroatoms. The van der Waals surface area contributed by atoms with Crippen LogP contribution in [0.4, 0.5) is 16.2 Å². The summed E-state index contributed by atoms with van der Waals surface area (Å²) in [5, 5.41) is 5.91. The number of hydrogen-bond donors (Lipinski definition) is 2. The molecule has 1 aliphatic heterocycles. The molecular formula is C24H31N3O4. The summed E-state index contributed by atoms with van der Waals surface area (Å²) >= 11 is 0. The molecule has 2 N–H and O–H groups in total. The average Bonchev–Trinajstić information content (AvgIpc) is 2.80. The highest BCUT2D eigenvalue weighted by molar-refractivity contribution is 5.93. The van der Waals surface area contributed by atoms with Crippen LogP contribution in [0.25, 0.3) is 0 Å². The second-order valence-electron chi connectivity index (χ2n) is 7.97. The largest absolute Gasteiger partial charge is 0.493 e. The normalized spacial score (nSPS) is 15.2. The Morgan fingerprint density at radius 3 is 2.16 bits per heavy atom. The van der Waals surface area contributed by atoms with E-state index in [1.807, 2.05) is 43.0 Å². The van der Waals surface area contributed by atoms with E-state index in [2.05, 4.69) is 10.6 Å². The molecule has 0 aliphatic carbocycles. The Hall–Kier alpha value is -3.22. The zero-order chi connectivity index (χ0) is 22.4. The van der Waals surface area contributed by atoms with E-state index in [0.29, 0.717) is 30.3 Å². The number of ether oxygens (including phenoxy) is 2. The van der Waals surface area contributed by atoms with Gasteiger partial charge in [0.2, 0.25) is 5.91 Å². The second-order valence-corrected chi connectivity index (χ2v) is 7.97. The van der Waals surface area contributed by atoms with Crippen molar-refractivity contribution in [3.8, 4) is 11.5 Å². The number of nitrogens with zero attached hydrogens (tertiary/aromatic N) is 1. The summed E-state index contributed by atoms with van der Waals surface area (Å²) in [4.78, 5) is 27.1. The van der Waals surface area contributed by atoms with E-state index in [4.69, 9.17) is 9.47 Å². The maximum Gasteiger partial charge on any atom is 0.321 e. The van der Waals surface area contributed by atoms with Crippen molar-refractivity contribution in [3.63, 3.8) is 0 Å². The third-order valence-electron chi connectivity index (χ3n) is 5.90. The lowest BCUT2D eigenvalue weighted by Gasteiger charge is -2.34. The van der Waals surface area contributed by atoms with Gasteiger partial charge in [-0.2, -0.15) is 0 Å². The summed E-state index contributed by atoms with van der Waals surface area (Å²) in [6.45, 7) is 5.23. The Morgan fingerprint density at radius 1 is 0.935 bits per heavy atom. The number of piperidine rings is 1. The lowest BCUT2D eigenvalue weighted by molar-refractivity contribution is -0.121. The van der Waals surface area contributed by atoms with E-state index in [0.717, 1.165) is 24.1 Å². The van der Waals surface area contributed by atoms with E-state index in [1.165, 1.54) is 0 Å². The molecule has 2 aromatic carbocycles. The predicted octanol–water partition coefficient (Wildman–Crippen LogP) is 4.53. The van der Waals surface area contributed by atoms with Gasteiger partial charge in [-0.15, -0.1) is 0 Å². The summed E-state index contributed by atoms with van der Waals surface area (Å²) < 4.78 is 10.5. The van der Waals surface area contributed by atoms with Crippen molar-refractivity contribution < 1.29 is 19.1 Å². The number of anilines is 2. The van der Waals surface area contributed by atoms with Gasteiger partial charge < -0.3 is 25.0 Å². The van der Waals surface area contributed by atoms with Crippen LogP contribution in [0, 0.1) is 18.8 Å². The third kappa shape index (κ3) is 5.69. The molecule has 0 spiro atoms. The second kappa shape index (κ2) is 10.2. The van der Waals surface area contributed by atoms with Crippen molar-refractivity contribution in [1.82, 2.24) is 4.90 Å². The highest BCUT2D eigenvalue weighted by Gasteiger charge is 2.30. The number of amides is 3. The van der Waals surface area contributed by atoms with Crippen molar-refractivity contribution >= 4 is 23.3 Å². The van der Waals surface area contributed by atoms with Gasteiger partial charge in [-0.05, 0) is 49.9 Å². The molecule has 1 atom stereocenters. The fourth-order valence-corrected chi connectivity index (χ4v) is 3.83. The van der Waals surface area contributed by atoms with Crippen LogP contribution in [-0.4, -0.2) is 44.1 Å². The Kier molecular flexibility index (Phi) is 7.39. The Labute approximate surface area is 183 Å². The molecule has 3 rings (SSSR count). The molecule has 1 fully saturated rings. The molecule has 0 saturated carbocycles. The molecule has 0 unspecified atom stereocenters. The molecule has 3 amide bonds. The molecule has 0 aromatic heterocycles. The van der Waals surface area contributed by atoms with E-state index >= 15 is 0 Å². The number of rotatable bonds is 6. The zero-order valence-corrected chi connectivity index (χ0v) is 18.6. The van der Waals surface area contributed by atoms with Crippen molar-refractivity contribution in [2.24, 2.45) is 11.8 Å². The summed E-state index contributed by atoms with van der Waals surface area (Å²) in [5.74, 6) is 1.22. The number of likely N-dealkylation sites (tertiary alicyclic amines) is 1. The molecule has 31 heavy (non-hydrogen) atoms. The SMILES string of the molecule is COc1ccc(NC(=O)[C@H](C)C2CCN(C(=O)Nc3ccc(C)cc3)CC2)cc1OC. The van der Waals surface area contributed by atoms with Crippen LogP contribution in [-0.2, 0) is 4.79 Å². The van der Waals surface area contributed by atoms with E-state index < -0.39 is 0 Å². The number of aryl methyl sites for hydroxylation is 1. The molecule has 1 aliphatic rings. The van der Waals surface area contributed by atoms with Crippen molar-refractivity contribution in [3.05, 3.63) is 48.0 Å².